The highest BCUT2D eigenvalue weighted by atomic mass is 16.6. The standard InChI is InChI=1S/C11H16O4/c1-2-14-11(13)9(12)10-7-3-5-8(15-10)6-4-7/h7-8,12H,2-6H2,1H3/b10-9+. The van der Waals surface area contributed by atoms with Gasteiger partial charge in [0.1, 0.15) is 5.76 Å². The van der Waals surface area contributed by atoms with E-state index >= 15 is 0 Å². The van der Waals surface area contributed by atoms with Crippen molar-refractivity contribution in [2.45, 2.75) is 38.7 Å². The Bertz CT molecular complexity index is 287. The van der Waals surface area contributed by atoms with E-state index in [0.717, 1.165) is 25.7 Å². The van der Waals surface area contributed by atoms with Crippen LogP contribution < -0.4 is 0 Å². The van der Waals surface area contributed by atoms with Gasteiger partial charge in [0, 0.05) is 5.92 Å². The highest BCUT2D eigenvalue weighted by Crippen LogP contribution is 2.40. The quantitative estimate of drug-likeness (QED) is 0.431. The lowest BCUT2D eigenvalue weighted by Crippen LogP contribution is -2.33. The lowest BCUT2D eigenvalue weighted by molar-refractivity contribution is -0.142. The van der Waals surface area contributed by atoms with Gasteiger partial charge in [-0.1, -0.05) is 0 Å². The molecule has 0 aromatic heterocycles. The maximum Gasteiger partial charge on any atom is 0.377 e. The van der Waals surface area contributed by atoms with E-state index in [9.17, 15) is 9.90 Å². The van der Waals surface area contributed by atoms with E-state index in [1.807, 2.05) is 0 Å². The monoisotopic (exact) mass is 212 g/mol. The smallest absolute Gasteiger partial charge is 0.377 e. The molecule has 0 spiro atoms. The second-order valence-electron chi connectivity index (χ2n) is 4.02. The molecule has 2 heterocycles. The van der Waals surface area contributed by atoms with E-state index in [1.165, 1.54) is 0 Å². The molecule has 1 aliphatic carbocycles. The number of aliphatic hydroxyl groups is 1. The van der Waals surface area contributed by atoms with Crippen LogP contribution in [0, 0.1) is 5.92 Å². The van der Waals surface area contributed by atoms with Crippen LogP contribution >= 0.6 is 0 Å². The first-order valence-corrected chi connectivity index (χ1v) is 5.49. The molecule has 4 nitrogen and oxygen atoms in total. The van der Waals surface area contributed by atoms with E-state index in [-0.39, 0.29) is 24.4 Å². The van der Waals surface area contributed by atoms with Crippen LogP contribution in [0.5, 0.6) is 0 Å². The number of aliphatic hydroxyl groups excluding tert-OH is 1. The van der Waals surface area contributed by atoms with Crippen molar-refractivity contribution in [2.75, 3.05) is 6.61 Å². The molecule has 0 aromatic rings. The predicted octanol–water partition coefficient (Wildman–Crippen LogP) is 1.91. The van der Waals surface area contributed by atoms with Gasteiger partial charge in [0.25, 0.3) is 0 Å². The van der Waals surface area contributed by atoms with Crippen molar-refractivity contribution in [1.82, 2.24) is 0 Å². The molecule has 3 fully saturated rings. The fraction of sp³-hybridized carbons (Fsp3) is 0.727. The van der Waals surface area contributed by atoms with Gasteiger partial charge in [-0.15, -0.1) is 0 Å². The number of allylic oxidation sites excluding steroid dienone is 1. The minimum atomic E-state index is -0.667. The Labute approximate surface area is 88.9 Å². The summed E-state index contributed by atoms with van der Waals surface area (Å²) < 4.78 is 10.3. The van der Waals surface area contributed by atoms with E-state index in [1.54, 1.807) is 6.92 Å². The number of rotatable bonds is 2. The summed E-state index contributed by atoms with van der Waals surface area (Å²) in [6.07, 6.45) is 4.25. The SMILES string of the molecule is CCOC(=O)/C(O)=C1\OC2CCC1CC2. The van der Waals surface area contributed by atoms with E-state index in [0.29, 0.717) is 5.76 Å². The Hall–Kier alpha value is -1.19. The summed E-state index contributed by atoms with van der Waals surface area (Å²) >= 11 is 0. The number of ether oxygens (including phenoxy) is 2. The van der Waals surface area contributed by atoms with E-state index in [4.69, 9.17) is 9.47 Å². The van der Waals surface area contributed by atoms with Crippen molar-refractivity contribution < 1.29 is 19.4 Å². The van der Waals surface area contributed by atoms with Crippen LogP contribution in [-0.4, -0.2) is 23.8 Å². The maximum atomic E-state index is 11.3. The first-order valence-electron chi connectivity index (χ1n) is 5.49. The van der Waals surface area contributed by atoms with Gasteiger partial charge in [0.2, 0.25) is 5.76 Å². The Kier molecular flexibility index (Phi) is 2.84. The summed E-state index contributed by atoms with van der Waals surface area (Å²) in [5.74, 6) is -0.332. The van der Waals surface area contributed by atoms with Crippen LogP contribution in [0.1, 0.15) is 32.6 Å². The molecular formula is C11H16O4. The fourth-order valence-corrected chi connectivity index (χ4v) is 2.27. The third-order valence-corrected chi connectivity index (χ3v) is 3.04. The van der Waals surface area contributed by atoms with Crippen molar-refractivity contribution in [3.05, 3.63) is 11.5 Å². The minimum absolute atomic E-state index is 0.182. The summed E-state index contributed by atoms with van der Waals surface area (Å²) in [7, 11) is 0. The van der Waals surface area contributed by atoms with Crippen LogP contribution in [0.25, 0.3) is 0 Å². The van der Waals surface area contributed by atoms with E-state index < -0.39 is 5.97 Å². The molecule has 0 unspecified atom stereocenters. The predicted molar refractivity (Wildman–Crippen MR) is 53.1 cm³/mol. The lowest BCUT2D eigenvalue weighted by atomic mass is 9.82. The molecule has 4 heteroatoms. The first kappa shape index (κ1) is 10.3. The Morgan fingerprint density at radius 3 is 2.60 bits per heavy atom. The Morgan fingerprint density at radius 2 is 2.13 bits per heavy atom. The Balaban J connectivity index is 2.14. The van der Waals surface area contributed by atoms with Gasteiger partial charge >= 0.3 is 5.97 Å². The summed E-state index contributed by atoms with van der Waals surface area (Å²) in [5, 5.41) is 9.68. The van der Waals surface area contributed by atoms with Crippen molar-refractivity contribution in [3.63, 3.8) is 0 Å². The number of hydrogen-bond donors (Lipinski definition) is 1. The molecule has 1 saturated carbocycles. The van der Waals surface area contributed by atoms with Crippen LogP contribution in [-0.2, 0) is 14.3 Å². The van der Waals surface area contributed by atoms with Gasteiger partial charge in [-0.2, -0.15) is 0 Å². The van der Waals surface area contributed by atoms with Gasteiger partial charge in [-0.3, -0.25) is 0 Å². The van der Waals surface area contributed by atoms with Gasteiger partial charge in [0.15, 0.2) is 0 Å². The van der Waals surface area contributed by atoms with Gasteiger partial charge in [-0.05, 0) is 32.6 Å². The van der Waals surface area contributed by atoms with E-state index in [2.05, 4.69) is 0 Å². The zero-order valence-corrected chi connectivity index (χ0v) is 8.86. The number of esters is 1. The Morgan fingerprint density at radius 1 is 1.47 bits per heavy atom. The second kappa shape index (κ2) is 4.13. The fourth-order valence-electron chi connectivity index (χ4n) is 2.27. The molecule has 0 aromatic carbocycles. The minimum Gasteiger partial charge on any atom is -0.499 e. The lowest BCUT2D eigenvalue weighted by Gasteiger charge is -2.38. The van der Waals surface area contributed by atoms with Crippen molar-refractivity contribution >= 4 is 5.97 Å². The molecule has 0 radical (unpaired) electrons. The van der Waals surface area contributed by atoms with Crippen LogP contribution in [0.4, 0.5) is 0 Å². The van der Waals surface area contributed by atoms with Crippen LogP contribution in [0.15, 0.2) is 11.5 Å². The normalized spacial score (nSPS) is 32.1. The average molecular weight is 212 g/mol. The first-order chi connectivity index (χ1) is 7.22. The van der Waals surface area contributed by atoms with Gasteiger partial charge in [-0.25, -0.2) is 4.79 Å². The van der Waals surface area contributed by atoms with Crippen LogP contribution in [0.3, 0.4) is 0 Å². The molecule has 2 bridgehead atoms. The van der Waals surface area contributed by atoms with Crippen molar-refractivity contribution in [2.24, 2.45) is 5.92 Å². The second-order valence-corrected chi connectivity index (χ2v) is 4.02. The molecule has 0 amide bonds. The highest BCUT2D eigenvalue weighted by molar-refractivity contribution is 5.86. The maximum absolute atomic E-state index is 11.3. The van der Waals surface area contributed by atoms with Crippen molar-refractivity contribution in [3.8, 4) is 0 Å². The number of carbonyl (C=O) groups excluding carboxylic acids is 1. The molecule has 3 aliphatic rings. The zero-order chi connectivity index (χ0) is 10.8. The topological polar surface area (TPSA) is 55.8 Å². The third kappa shape index (κ3) is 1.94. The summed E-state index contributed by atoms with van der Waals surface area (Å²) in [4.78, 5) is 11.3. The third-order valence-electron chi connectivity index (χ3n) is 3.04. The highest BCUT2D eigenvalue weighted by Gasteiger charge is 2.36. The molecule has 3 rings (SSSR count). The summed E-state index contributed by atoms with van der Waals surface area (Å²) in [6, 6.07) is 0. The average Bonchev–Trinajstić information content (AvgIpc) is 2.30. The molecular weight excluding hydrogens is 196 g/mol. The molecule has 15 heavy (non-hydrogen) atoms. The molecule has 0 atom stereocenters. The number of carbonyl (C=O) groups is 1. The summed E-state index contributed by atoms with van der Waals surface area (Å²) in [6.45, 7) is 1.98. The molecule has 84 valence electrons. The van der Waals surface area contributed by atoms with Crippen molar-refractivity contribution in [1.29, 1.82) is 0 Å². The number of fused-ring (bicyclic) bond motifs is 3. The van der Waals surface area contributed by atoms with Gasteiger partial charge < -0.3 is 14.6 Å². The molecule has 2 aliphatic heterocycles. The molecule has 2 saturated heterocycles. The largest absolute Gasteiger partial charge is 0.499 e. The zero-order valence-electron chi connectivity index (χ0n) is 8.86. The van der Waals surface area contributed by atoms with Crippen LogP contribution in [0.2, 0.25) is 0 Å². The van der Waals surface area contributed by atoms with Gasteiger partial charge in [0.05, 0.1) is 12.7 Å². The summed E-state index contributed by atoms with van der Waals surface area (Å²) in [5.41, 5.74) is 0. The molecule has 1 N–H and O–H groups in total. The number of hydrogen-bond acceptors (Lipinski definition) is 4.